The zero-order chi connectivity index (χ0) is 4.24. The Labute approximate surface area is 37.4 Å². The first-order chi connectivity index (χ1) is 3.00. The van der Waals surface area contributed by atoms with Crippen molar-refractivity contribution in [3.63, 3.8) is 0 Å². The average Bonchev–Trinajstić information content (AvgIpc) is 1.72. The van der Waals surface area contributed by atoms with Crippen LogP contribution in [0.5, 0.6) is 0 Å². The lowest BCUT2D eigenvalue weighted by molar-refractivity contribution is 1.70. The lowest BCUT2D eigenvalue weighted by Crippen LogP contribution is -1.49. The molecule has 0 aliphatic rings. The van der Waals surface area contributed by atoms with E-state index in [0.29, 0.717) is 0 Å². The van der Waals surface area contributed by atoms with Crippen molar-refractivity contribution in [1.29, 1.82) is 0 Å². The summed E-state index contributed by atoms with van der Waals surface area (Å²) in [6.07, 6.45) is 0. The monoisotopic (exact) mass is 77.0 g/mol. The van der Waals surface area contributed by atoms with E-state index in [1.807, 2.05) is 30.3 Å². The van der Waals surface area contributed by atoms with Crippen LogP contribution in [0.2, 0.25) is 0 Å². The fourth-order valence-corrected chi connectivity index (χ4v) is 0.342. The van der Waals surface area contributed by atoms with Crippen molar-refractivity contribution in [2.75, 3.05) is 0 Å². The molecule has 0 saturated carbocycles. The van der Waals surface area contributed by atoms with Crippen LogP contribution in [0.25, 0.3) is 0 Å². The molecule has 0 bridgehead atoms. The van der Waals surface area contributed by atoms with Crippen molar-refractivity contribution in [2.45, 2.75) is 0 Å². The number of hydrogen-bond acceptors (Lipinski definition) is 0. The Morgan fingerprint density at radius 2 is 1.50 bits per heavy atom. The van der Waals surface area contributed by atoms with Crippen LogP contribution in [0.4, 0.5) is 0 Å². The van der Waals surface area contributed by atoms with Crippen molar-refractivity contribution in [1.82, 2.24) is 0 Å². The number of hydrogen-bond donors (Lipinski definition) is 0. The smallest absolute Gasteiger partial charge is 0.171 e. The van der Waals surface area contributed by atoms with Crippen LogP contribution in [-0.4, -0.2) is 0 Å². The highest BCUT2D eigenvalue weighted by molar-refractivity contribution is 4.97. The minimum Gasteiger partial charge on any atom is -0.184 e. The number of benzene rings is 1. The molecule has 1 aromatic carbocycles. The van der Waals surface area contributed by atoms with Gasteiger partial charge in [-0.2, -0.15) is 36.4 Å². The predicted molar refractivity (Wildman–Crippen MR) is 25.3 cm³/mol. The first-order valence-corrected chi connectivity index (χ1v) is 1.91. The van der Waals surface area contributed by atoms with E-state index >= 15 is 0 Å². The maximum absolute atomic E-state index is 2.89. The molecular formula is C6H5-. The van der Waals surface area contributed by atoms with Crippen molar-refractivity contribution < 1.29 is 0 Å². The van der Waals surface area contributed by atoms with Crippen molar-refractivity contribution in [3.8, 4) is 0 Å². The van der Waals surface area contributed by atoms with Gasteiger partial charge in [0.15, 0.2) is 0 Å². The van der Waals surface area contributed by atoms with Gasteiger partial charge in [0.05, 0.1) is 0 Å². The molecule has 0 radical (unpaired) electrons. The topological polar surface area (TPSA) is 0 Å². The van der Waals surface area contributed by atoms with Crippen LogP contribution in [0.1, 0.15) is 0 Å². The van der Waals surface area contributed by atoms with Crippen LogP contribution in [-0.2, 0) is 0 Å². The molecule has 0 aliphatic heterocycles. The van der Waals surface area contributed by atoms with E-state index in [4.69, 9.17) is 0 Å². The SMILES string of the molecule is [c-]1ccccc1. The van der Waals surface area contributed by atoms with Gasteiger partial charge in [-0.3, -0.25) is 0 Å². The molecule has 0 atom stereocenters. The normalized spacial score (nSPS) is 8.00. The Balaban J connectivity index is 3.00. The van der Waals surface area contributed by atoms with Gasteiger partial charge in [0.25, 0.3) is 0 Å². The Morgan fingerprint density at radius 3 is 1.67 bits per heavy atom. The summed E-state index contributed by atoms with van der Waals surface area (Å²) in [5.41, 5.74) is 0. The van der Waals surface area contributed by atoms with Crippen LogP contribution in [0.3, 0.4) is 0 Å². The summed E-state index contributed by atoms with van der Waals surface area (Å²) in [6, 6.07) is 12.5. The van der Waals surface area contributed by atoms with E-state index in [0.717, 1.165) is 0 Å². The largest absolute Gasteiger partial charge is 0.184 e. The summed E-state index contributed by atoms with van der Waals surface area (Å²) in [5.74, 6) is 0. The summed E-state index contributed by atoms with van der Waals surface area (Å²) in [5, 5.41) is 0. The molecule has 0 amide bonds. The molecule has 1 rings (SSSR count). The van der Waals surface area contributed by atoms with E-state index in [1.54, 1.807) is 0 Å². The Kier molecular flexibility index (Phi) is 0.913. The molecule has 1 aromatic rings. The molecule has 0 aliphatic carbocycles. The van der Waals surface area contributed by atoms with Gasteiger partial charge in [-0.25, -0.2) is 0 Å². The van der Waals surface area contributed by atoms with Crippen LogP contribution >= 0.6 is 0 Å². The second kappa shape index (κ2) is 1.61. The molecule has 0 saturated heterocycles. The summed E-state index contributed by atoms with van der Waals surface area (Å²) in [4.78, 5) is 0. The minimum absolute atomic E-state index is 1.88. The quantitative estimate of drug-likeness (QED) is 0.411. The standard InChI is InChI=1S/C6H5/c1-2-4-6-5-3-1/h1-5H/q-1. The van der Waals surface area contributed by atoms with E-state index in [-0.39, 0.29) is 0 Å². The molecule has 0 N–H and O–H groups in total. The van der Waals surface area contributed by atoms with Gasteiger partial charge in [-0.15, -0.1) is 0 Å². The zero-order valence-corrected chi connectivity index (χ0v) is 3.39. The molecule has 0 fully saturated rings. The zero-order valence-electron chi connectivity index (χ0n) is 3.39. The molecular weight excluding hydrogens is 72.1 g/mol. The van der Waals surface area contributed by atoms with Crippen molar-refractivity contribution in [3.05, 3.63) is 36.4 Å². The lowest BCUT2D eigenvalue weighted by atomic mass is 10.4. The fraction of sp³-hybridized carbons (Fsp3) is 0. The van der Waals surface area contributed by atoms with E-state index in [2.05, 4.69) is 6.07 Å². The van der Waals surface area contributed by atoms with Gasteiger partial charge in [-0.1, -0.05) is 0 Å². The highest BCUT2D eigenvalue weighted by Gasteiger charge is 1.46. The van der Waals surface area contributed by atoms with Crippen molar-refractivity contribution >= 4 is 0 Å². The maximum Gasteiger partial charge on any atom is -0.171 e. The second-order valence-electron chi connectivity index (χ2n) is 1.08. The first kappa shape index (κ1) is 3.41. The molecule has 0 aromatic heterocycles. The average molecular weight is 77.1 g/mol. The maximum atomic E-state index is 2.89. The van der Waals surface area contributed by atoms with Gasteiger partial charge in [0, 0.05) is 0 Å². The van der Waals surface area contributed by atoms with Crippen LogP contribution in [0, 0.1) is 6.07 Å². The highest BCUT2D eigenvalue weighted by atomic mass is 13.6. The Morgan fingerprint density at radius 1 is 0.833 bits per heavy atom. The minimum atomic E-state index is 1.88. The molecule has 0 heteroatoms. The summed E-state index contributed by atoms with van der Waals surface area (Å²) in [7, 11) is 0. The Bertz CT molecular complexity index is 72.0. The summed E-state index contributed by atoms with van der Waals surface area (Å²) >= 11 is 0. The molecule has 6 heavy (non-hydrogen) atoms. The second-order valence-corrected chi connectivity index (χ2v) is 1.08. The van der Waals surface area contributed by atoms with Gasteiger partial charge in [0.1, 0.15) is 0 Å². The first-order valence-electron chi connectivity index (χ1n) is 1.91. The highest BCUT2D eigenvalue weighted by Crippen LogP contribution is 1.78. The van der Waals surface area contributed by atoms with Gasteiger partial charge < -0.3 is 0 Å². The fourth-order valence-electron chi connectivity index (χ4n) is 0.342. The molecule has 0 spiro atoms. The van der Waals surface area contributed by atoms with Crippen LogP contribution in [0.15, 0.2) is 30.3 Å². The van der Waals surface area contributed by atoms with Crippen LogP contribution < -0.4 is 0 Å². The van der Waals surface area contributed by atoms with Gasteiger partial charge in [-0.05, 0) is 0 Å². The predicted octanol–water partition coefficient (Wildman–Crippen LogP) is 1.49. The molecule has 0 unspecified atom stereocenters. The van der Waals surface area contributed by atoms with E-state index in [9.17, 15) is 0 Å². The summed E-state index contributed by atoms with van der Waals surface area (Å²) < 4.78 is 0. The van der Waals surface area contributed by atoms with E-state index in [1.165, 1.54) is 0 Å². The van der Waals surface area contributed by atoms with Crippen molar-refractivity contribution in [2.24, 2.45) is 0 Å². The van der Waals surface area contributed by atoms with Gasteiger partial charge >= 0.3 is 0 Å². The molecule has 30 valence electrons. The van der Waals surface area contributed by atoms with E-state index < -0.39 is 0 Å². The molecule has 0 heterocycles. The number of rotatable bonds is 0. The molecule has 0 nitrogen and oxygen atoms in total. The summed E-state index contributed by atoms with van der Waals surface area (Å²) in [6.45, 7) is 0. The Hall–Kier alpha value is -0.780. The third kappa shape index (κ3) is 0.582. The lowest BCUT2D eigenvalue weighted by Gasteiger charge is -1.81. The van der Waals surface area contributed by atoms with Gasteiger partial charge in [0.2, 0.25) is 0 Å². The third-order valence-corrected chi connectivity index (χ3v) is 0.607. The third-order valence-electron chi connectivity index (χ3n) is 0.607.